The number of piperazine rings is 1. The van der Waals surface area contributed by atoms with Crippen LogP contribution in [0.4, 0.5) is 11.5 Å². The Kier molecular flexibility index (Phi) is 7.14. The molecular weight excluding hydrogens is 468 g/mol. The van der Waals surface area contributed by atoms with Gasteiger partial charge in [0.25, 0.3) is 5.91 Å². The number of aryl methyl sites for hydroxylation is 2. The monoisotopic (exact) mass is 500 g/mol. The Hall–Kier alpha value is -2.98. The number of hydrogen-bond donors (Lipinski definition) is 1. The van der Waals surface area contributed by atoms with Crippen LogP contribution in [0.1, 0.15) is 34.3 Å². The Labute approximate surface area is 206 Å². The van der Waals surface area contributed by atoms with E-state index in [0.717, 1.165) is 29.5 Å². The van der Waals surface area contributed by atoms with E-state index < -0.39 is 15.9 Å². The van der Waals surface area contributed by atoms with E-state index in [0.29, 0.717) is 44.7 Å². The van der Waals surface area contributed by atoms with E-state index in [-0.39, 0.29) is 29.0 Å². The molecule has 9 nitrogen and oxygen atoms in total. The van der Waals surface area contributed by atoms with E-state index in [4.69, 9.17) is 0 Å². The van der Waals surface area contributed by atoms with Gasteiger partial charge in [-0.25, -0.2) is 13.4 Å². The van der Waals surface area contributed by atoms with E-state index >= 15 is 0 Å². The largest absolute Gasteiger partial charge is 0.394 e. The van der Waals surface area contributed by atoms with Crippen LogP contribution in [0.25, 0.3) is 0 Å². The quantitative estimate of drug-likeness (QED) is 0.596. The molecule has 1 unspecified atom stereocenters. The van der Waals surface area contributed by atoms with Gasteiger partial charge in [-0.2, -0.15) is 0 Å². The van der Waals surface area contributed by atoms with Gasteiger partial charge in [0.15, 0.2) is 9.84 Å². The third kappa shape index (κ3) is 5.04. The molecule has 2 aromatic rings. The lowest BCUT2D eigenvalue weighted by atomic mass is 10.1. The summed E-state index contributed by atoms with van der Waals surface area (Å²) < 4.78 is 25.4. The molecule has 2 fully saturated rings. The van der Waals surface area contributed by atoms with Crippen molar-refractivity contribution in [3.05, 3.63) is 47.2 Å². The van der Waals surface area contributed by atoms with Gasteiger partial charge in [-0.3, -0.25) is 4.79 Å². The lowest BCUT2D eigenvalue weighted by Crippen LogP contribution is -2.49. The lowest BCUT2D eigenvalue weighted by molar-refractivity contribution is -0.108. The highest BCUT2D eigenvalue weighted by molar-refractivity contribution is 7.90. The maximum absolute atomic E-state index is 13.4. The molecule has 1 aromatic heterocycles. The molecule has 3 heterocycles. The molecule has 1 aromatic carbocycles. The number of sulfone groups is 1. The van der Waals surface area contributed by atoms with E-state index in [1.807, 2.05) is 20.0 Å². The van der Waals surface area contributed by atoms with Crippen molar-refractivity contribution in [3.63, 3.8) is 0 Å². The van der Waals surface area contributed by atoms with Crippen molar-refractivity contribution in [1.29, 1.82) is 0 Å². The third-order valence-electron chi connectivity index (χ3n) is 6.86. The zero-order valence-corrected chi connectivity index (χ0v) is 21.2. The summed E-state index contributed by atoms with van der Waals surface area (Å²) >= 11 is 0. The first-order valence-corrected chi connectivity index (χ1v) is 13.7. The highest BCUT2D eigenvalue weighted by Crippen LogP contribution is 2.33. The fraction of sp³-hybridized carbons (Fsp3) is 0.480. The van der Waals surface area contributed by atoms with E-state index in [1.54, 1.807) is 15.9 Å². The van der Waals surface area contributed by atoms with Crippen molar-refractivity contribution in [3.8, 4) is 0 Å². The Bertz CT molecular complexity index is 1220. The molecule has 0 bridgehead atoms. The molecule has 2 atom stereocenters. The van der Waals surface area contributed by atoms with Gasteiger partial charge < -0.3 is 24.6 Å². The van der Waals surface area contributed by atoms with Gasteiger partial charge in [-0.15, -0.1) is 0 Å². The molecule has 4 rings (SSSR count). The predicted molar refractivity (Wildman–Crippen MR) is 134 cm³/mol. The molecule has 1 N–H and O–H groups in total. The number of aldehydes is 1. The van der Waals surface area contributed by atoms with Gasteiger partial charge in [0, 0.05) is 44.3 Å². The van der Waals surface area contributed by atoms with E-state index in [2.05, 4.69) is 16.0 Å². The van der Waals surface area contributed by atoms with Gasteiger partial charge in [0.1, 0.15) is 12.1 Å². The molecule has 1 amide bonds. The molecular formula is C25H32N4O5S. The summed E-state index contributed by atoms with van der Waals surface area (Å²) in [7, 11) is -3.73. The Morgan fingerprint density at radius 3 is 2.46 bits per heavy atom. The summed E-state index contributed by atoms with van der Waals surface area (Å²) in [5.41, 5.74) is 2.81. The minimum Gasteiger partial charge on any atom is -0.394 e. The Morgan fingerprint density at radius 1 is 1.14 bits per heavy atom. The van der Waals surface area contributed by atoms with E-state index in [1.165, 1.54) is 12.1 Å². The number of pyridine rings is 1. The van der Waals surface area contributed by atoms with Gasteiger partial charge >= 0.3 is 0 Å². The molecule has 188 valence electrons. The zero-order chi connectivity index (χ0) is 25.3. The average Bonchev–Trinajstić information content (AvgIpc) is 3.26. The summed E-state index contributed by atoms with van der Waals surface area (Å²) in [5.74, 6) is 0.565. The van der Waals surface area contributed by atoms with Crippen LogP contribution in [0.2, 0.25) is 0 Å². The topological polar surface area (TPSA) is 111 Å². The van der Waals surface area contributed by atoms with Crippen LogP contribution in [0, 0.1) is 13.8 Å². The summed E-state index contributed by atoms with van der Waals surface area (Å²) in [6, 6.07) is 6.03. The van der Waals surface area contributed by atoms with Crippen LogP contribution in [0.15, 0.2) is 35.4 Å². The average molecular weight is 501 g/mol. The van der Waals surface area contributed by atoms with Crippen molar-refractivity contribution < 1.29 is 23.1 Å². The molecule has 0 radical (unpaired) electrons. The van der Waals surface area contributed by atoms with Crippen LogP contribution >= 0.6 is 0 Å². The number of benzene rings is 1. The fourth-order valence-corrected chi connectivity index (χ4v) is 6.00. The van der Waals surface area contributed by atoms with Crippen molar-refractivity contribution in [2.24, 2.45) is 0 Å². The maximum atomic E-state index is 13.4. The number of aliphatic hydroxyl groups excluding tert-OH is 1. The van der Waals surface area contributed by atoms with Crippen LogP contribution in [-0.4, -0.2) is 86.7 Å². The van der Waals surface area contributed by atoms with Crippen LogP contribution < -0.4 is 9.80 Å². The zero-order valence-electron chi connectivity index (χ0n) is 20.3. The van der Waals surface area contributed by atoms with Gasteiger partial charge in [-0.05, 0) is 56.0 Å². The third-order valence-corrected chi connectivity index (χ3v) is 8.00. The van der Waals surface area contributed by atoms with Crippen molar-refractivity contribution in [1.82, 2.24) is 9.88 Å². The van der Waals surface area contributed by atoms with E-state index in [9.17, 15) is 23.1 Å². The molecule has 35 heavy (non-hydrogen) atoms. The number of aliphatic hydroxyl groups is 1. The maximum Gasteiger partial charge on any atom is 0.255 e. The number of nitrogens with zero attached hydrogens (tertiary/aromatic N) is 4. The highest BCUT2D eigenvalue weighted by Gasteiger charge is 2.34. The normalized spacial score (nSPS) is 20.9. The minimum atomic E-state index is -3.73. The standard InChI is InChI=1S/C25H32N4O5S/c1-17-12-18(2)24(26-14-17)27-8-10-28(11-9-27)25(32)22-7-6-19(13-23(22)35(3,33)34)29-20(15-30)4-5-21(29)16-31/h6-7,12-15,20-21,31H,4-5,8-11,16H2,1-3H3/t20?,21-/m1/s1. The molecule has 2 saturated heterocycles. The lowest BCUT2D eigenvalue weighted by Gasteiger charge is -2.36. The summed E-state index contributed by atoms with van der Waals surface area (Å²) in [4.78, 5) is 35.0. The Balaban J connectivity index is 1.57. The van der Waals surface area contributed by atoms with Crippen LogP contribution in [0.3, 0.4) is 0 Å². The SMILES string of the molecule is Cc1cnc(N2CCN(C(=O)c3ccc(N4C(C=O)CC[C@@H]4CO)cc3S(C)(=O)=O)CC2)c(C)c1. The number of carbonyl (C=O) groups is 2. The highest BCUT2D eigenvalue weighted by atomic mass is 32.2. The van der Waals surface area contributed by atoms with Gasteiger partial charge in [0.2, 0.25) is 0 Å². The summed E-state index contributed by atoms with van der Waals surface area (Å²) in [6.45, 7) is 5.97. The van der Waals surface area contributed by atoms with Gasteiger partial charge in [0.05, 0.1) is 29.1 Å². The first kappa shape index (κ1) is 25.1. The molecule has 0 aliphatic carbocycles. The number of carbonyl (C=O) groups excluding carboxylic acids is 2. The molecule has 2 aliphatic heterocycles. The molecule has 0 saturated carbocycles. The van der Waals surface area contributed by atoms with Crippen molar-refractivity contribution in [2.75, 3.05) is 48.8 Å². The van der Waals surface area contributed by atoms with Gasteiger partial charge in [-0.1, -0.05) is 6.07 Å². The summed E-state index contributed by atoms with van der Waals surface area (Å²) in [5, 5.41) is 9.74. The number of rotatable bonds is 6. The predicted octanol–water partition coefficient (Wildman–Crippen LogP) is 1.59. The second-order valence-corrected chi connectivity index (χ2v) is 11.4. The van der Waals surface area contributed by atoms with Crippen molar-refractivity contribution >= 4 is 33.5 Å². The van der Waals surface area contributed by atoms with Crippen LogP contribution in [-0.2, 0) is 14.6 Å². The first-order valence-electron chi connectivity index (χ1n) is 11.8. The second-order valence-electron chi connectivity index (χ2n) is 9.41. The number of aromatic nitrogens is 1. The number of anilines is 2. The molecule has 10 heteroatoms. The smallest absolute Gasteiger partial charge is 0.255 e. The fourth-order valence-electron chi connectivity index (χ4n) is 5.11. The summed E-state index contributed by atoms with van der Waals surface area (Å²) in [6.07, 6.45) is 4.95. The van der Waals surface area contributed by atoms with Crippen LogP contribution in [0.5, 0.6) is 0 Å². The number of amides is 1. The molecule has 2 aliphatic rings. The minimum absolute atomic E-state index is 0.0632. The Morgan fingerprint density at radius 2 is 1.86 bits per heavy atom. The number of hydrogen-bond acceptors (Lipinski definition) is 8. The van der Waals surface area contributed by atoms with Crippen molar-refractivity contribution in [2.45, 2.75) is 43.7 Å². The molecule has 0 spiro atoms. The second kappa shape index (κ2) is 9.94. The first-order chi connectivity index (χ1) is 16.6.